The summed E-state index contributed by atoms with van der Waals surface area (Å²) in [4.78, 5) is 72.3. The predicted octanol–water partition coefficient (Wildman–Crippen LogP) is 7.40. The molecule has 6 unspecified atom stereocenters. The molecule has 11 rings (SSSR count). The standard InChI is InChI=1S/C60H57N5O10/c1-61(37-41-13-6-3-7-14-41)28-12-15-40-20-26-48-47(35-40)60(58(69)64(48)59(70)72-34-33-71-2)51(56(67)63-31-29-62(30-32-63)38-42-21-27-49-50(36-42)74-39-73-49)53-57(68)75-54(44-18-10-5-11-19-44)52(43-16-8-4-9-17-43)65(53)55(60)45-22-24-46(66)25-23-45/h3-11,13-14,16-27,35-36,51-55,66H,28-34,37-39H2,1-2H3. The Labute approximate surface area is 435 Å². The molecule has 3 fully saturated rings. The molecule has 382 valence electrons. The number of hydrogen-bond acceptors (Lipinski definition) is 13. The van der Waals surface area contributed by atoms with Gasteiger partial charge in [-0.2, -0.15) is 0 Å². The molecular formula is C60H57N5O10. The number of rotatable bonds is 12. The summed E-state index contributed by atoms with van der Waals surface area (Å²) in [5, 5.41) is 10.9. The van der Waals surface area contributed by atoms with E-state index in [9.17, 15) is 9.90 Å². The second kappa shape index (κ2) is 21.1. The zero-order chi connectivity index (χ0) is 51.6. The molecule has 6 aromatic rings. The average Bonchev–Trinajstić information content (AvgIpc) is 4.11. The number of phenols is 1. The Hall–Kier alpha value is -8.00. The smallest absolute Gasteiger partial charge is 0.421 e. The topological polar surface area (TPSA) is 151 Å². The van der Waals surface area contributed by atoms with Crippen LogP contribution in [0, 0.1) is 17.8 Å². The van der Waals surface area contributed by atoms with Crippen LogP contribution in [0.5, 0.6) is 17.2 Å². The van der Waals surface area contributed by atoms with Gasteiger partial charge in [0.05, 0.1) is 36.8 Å². The van der Waals surface area contributed by atoms with Gasteiger partial charge in [0.15, 0.2) is 11.5 Å². The Balaban J connectivity index is 1.08. The molecular weight excluding hydrogens is 951 g/mol. The third-order valence-corrected chi connectivity index (χ3v) is 15.0. The van der Waals surface area contributed by atoms with Gasteiger partial charge in [-0.1, -0.05) is 121 Å². The van der Waals surface area contributed by atoms with Crippen molar-refractivity contribution in [2.45, 2.75) is 42.7 Å². The van der Waals surface area contributed by atoms with E-state index in [0.717, 1.165) is 21.6 Å². The fourth-order valence-electron chi connectivity index (χ4n) is 11.7. The van der Waals surface area contributed by atoms with Crippen molar-refractivity contribution in [2.75, 3.05) is 71.8 Å². The van der Waals surface area contributed by atoms with E-state index in [0.29, 0.717) is 66.5 Å². The molecule has 0 aliphatic carbocycles. The van der Waals surface area contributed by atoms with Crippen LogP contribution in [-0.2, 0) is 47.1 Å². The number of carbonyl (C=O) groups excluding carboxylic acids is 4. The van der Waals surface area contributed by atoms with Crippen LogP contribution in [-0.4, -0.2) is 122 Å². The van der Waals surface area contributed by atoms with Crippen LogP contribution in [0.1, 0.15) is 57.1 Å². The summed E-state index contributed by atoms with van der Waals surface area (Å²) in [6.07, 6.45) is -1.86. The highest BCUT2D eigenvalue weighted by molar-refractivity contribution is 6.23. The molecule has 0 bridgehead atoms. The van der Waals surface area contributed by atoms with E-state index in [1.807, 2.05) is 109 Å². The van der Waals surface area contributed by atoms with Gasteiger partial charge in [0.25, 0.3) is 0 Å². The maximum atomic E-state index is 16.6. The zero-order valence-corrected chi connectivity index (χ0v) is 41.7. The van der Waals surface area contributed by atoms with Gasteiger partial charge >= 0.3 is 12.1 Å². The molecule has 1 spiro atoms. The first-order chi connectivity index (χ1) is 36.6. The van der Waals surface area contributed by atoms with Gasteiger partial charge < -0.3 is 33.7 Å². The van der Waals surface area contributed by atoms with E-state index in [1.165, 1.54) is 19.2 Å². The first kappa shape index (κ1) is 49.2. The minimum Gasteiger partial charge on any atom is -0.508 e. The van der Waals surface area contributed by atoms with Gasteiger partial charge in [0.2, 0.25) is 18.6 Å². The van der Waals surface area contributed by atoms with Crippen LogP contribution in [0.25, 0.3) is 0 Å². The van der Waals surface area contributed by atoms with Crippen LogP contribution in [0.3, 0.4) is 0 Å². The fraction of sp³-hybridized carbons (Fsp3) is 0.300. The van der Waals surface area contributed by atoms with Crippen LogP contribution >= 0.6 is 0 Å². The minimum atomic E-state index is -2.00. The molecule has 6 aromatic carbocycles. The lowest BCUT2D eigenvalue weighted by molar-refractivity contribution is -0.179. The second-order valence-electron chi connectivity index (χ2n) is 19.6. The average molecular weight is 1010 g/mol. The lowest BCUT2D eigenvalue weighted by Crippen LogP contribution is -2.59. The minimum absolute atomic E-state index is 0.0234. The molecule has 75 heavy (non-hydrogen) atoms. The number of fused-ring (bicyclic) bond motifs is 4. The number of nitrogens with zero attached hydrogens (tertiary/aromatic N) is 5. The van der Waals surface area contributed by atoms with E-state index in [1.54, 1.807) is 35.2 Å². The van der Waals surface area contributed by atoms with Gasteiger partial charge in [-0.3, -0.25) is 29.1 Å². The highest BCUT2D eigenvalue weighted by atomic mass is 16.7. The maximum Gasteiger partial charge on any atom is 0.421 e. The molecule has 15 nitrogen and oxygen atoms in total. The monoisotopic (exact) mass is 1010 g/mol. The normalized spacial score (nSPS) is 22.9. The van der Waals surface area contributed by atoms with Gasteiger partial charge in [-0.25, -0.2) is 9.69 Å². The highest BCUT2D eigenvalue weighted by Gasteiger charge is 2.76. The number of imide groups is 1. The Bertz CT molecular complexity index is 3140. The molecule has 5 aliphatic heterocycles. The predicted molar refractivity (Wildman–Crippen MR) is 277 cm³/mol. The van der Waals surface area contributed by atoms with E-state index in [4.69, 9.17) is 23.7 Å². The number of esters is 1. The summed E-state index contributed by atoms with van der Waals surface area (Å²) in [7, 11) is 3.47. The summed E-state index contributed by atoms with van der Waals surface area (Å²) in [6.45, 7) is 3.29. The molecule has 5 heterocycles. The van der Waals surface area contributed by atoms with Crippen molar-refractivity contribution in [3.63, 3.8) is 0 Å². The van der Waals surface area contributed by atoms with Crippen molar-refractivity contribution in [1.82, 2.24) is 19.6 Å². The Morgan fingerprint density at radius 2 is 1.44 bits per heavy atom. The molecule has 15 heteroatoms. The number of methoxy groups -OCH3 is 1. The first-order valence-corrected chi connectivity index (χ1v) is 25.3. The van der Waals surface area contributed by atoms with Gasteiger partial charge in [-0.05, 0) is 82.9 Å². The van der Waals surface area contributed by atoms with Crippen LogP contribution in [0.15, 0.2) is 152 Å². The van der Waals surface area contributed by atoms with Crippen molar-refractivity contribution < 1.29 is 48.0 Å². The summed E-state index contributed by atoms with van der Waals surface area (Å²) in [5.74, 6) is 4.67. The number of amides is 3. The Kier molecular flexibility index (Phi) is 13.8. The number of phenolic OH excluding ortho intramolecular Hbond substituents is 1. The van der Waals surface area contributed by atoms with Crippen LogP contribution in [0.4, 0.5) is 10.5 Å². The second-order valence-corrected chi connectivity index (χ2v) is 19.6. The third kappa shape index (κ3) is 9.25. The van der Waals surface area contributed by atoms with Gasteiger partial charge in [0.1, 0.15) is 29.9 Å². The van der Waals surface area contributed by atoms with E-state index in [2.05, 4.69) is 33.8 Å². The van der Waals surface area contributed by atoms with E-state index in [-0.39, 0.29) is 44.5 Å². The largest absolute Gasteiger partial charge is 0.508 e. The summed E-state index contributed by atoms with van der Waals surface area (Å²) in [5.41, 5.74) is 3.24. The highest BCUT2D eigenvalue weighted by Crippen LogP contribution is 2.66. The number of hydrogen-bond donors (Lipinski definition) is 1. The number of anilines is 1. The number of piperazine rings is 1. The lowest BCUT2D eigenvalue weighted by atomic mass is 9.65. The molecule has 0 radical (unpaired) electrons. The van der Waals surface area contributed by atoms with Crippen molar-refractivity contribution in [3.05, 3.63) is 191 Å². The number of aromatic hydroxyl groups is 1. The number of benzene rings is 6. The van der Waals surface area contributed by atoms with E-state index >= 15 is 14.4 Å². The van der Waals surface area contributed by atoms with Crippen molar-refractivity contribution in [2.24, 2.45) is 5.92 Å². The van der Waals surface area contributed by atoms with Crippen LogP contribution < -0.4 is 14.4 Å². The fourth-order valence-corrected chi connectivity index (χ4v) is 11.7. The van der Waals surface area contributed by atoms with E-state index < -0.39 is 59.4 Å². The van der Waals surface area contributed by atoms with Gasteiger partial charge in [0, 0.05) is 51.9 Å². The molecule has 1 N–H and O–H groups in total. The van der Waals surface area contributed by atoms with Crippen molar-refractivity contribution >= 4 is 29.6 Å². The maximum absolute atomic E-state index is 16.6. The van der Waals surface area contributed by atoms with Gasteiger partial charge in [-0.15, -0.1) is 0 Å². The molecule has 3 saturated heterocycles. The summed E-state index contributed by atoms with van der Waals surface area (Å²) >= 11 is 0. The Morgan fingerprint density at radius 1 is 0.747 bits per heavy atom. The molecule has 0 aromatic heterocycles. The lowest BCUT2D eigenvalue weighted by Gasteiger charge is -2.46. The number of morpholine rings is 1. The number of cyclic esters (lactones) is 1. The number of carbonyl (C=O) groups is 4. The SMILES string of the molecule is COCCOC(=O)N1C(=O)C2(c3cc(C#CCN(C)Cc4ccccc4)ccc31)C(C(=O)N1CCN(Cc3ccc4c(c3)OCO4)CC1)C1C(=O)OC(c3ccccc3)C(c3ccccc3)N1C2c1ccc(O)cc1. The molecule has 6 atom stereocenters. The molecule has 3 amide bonds. The molecule has 5 aliphatic rings. The van der Waals surface area contributed by atoms with Crippen molar-refractivity contribution in [1.29, 1.82) is 0 Å². The number of ether oxygens (including phenoxy) is 5. The Morgan fingerprint density at radius 3 is 2.16 bits per heavy atom. The molecule has 0 saturated carbocycles. The zero-order valence-electron chi connectivity index (χ0n) is 41.7. The third-order valence-electron chi connectivity index (χ3n) is 15.0. The summed E-state index contributed by atoms with van der Waals surface area (Å²) < 4.78 is 28.9. The quantitative estimate of drug-likeness (QED) is 0.0738. The van der Waals surface area contributed by atoms with Crippen molar-refractivity contribution in [3.8, 4) is 29.1 Å². The van der Waals surface area contributed by atoms with Crippen LogP contribution in [0.2, 0.25) is 0 Å². The first-order valence-electron chi connectivity index (χ1n) is 25.3. The summed E-state index contributed by atoms with van der Waals surface area (Å²) in [6, 6.07) is 43.5.